The van der Waals surface area contributed by atoms with Gasteiger partial charge in [0.15, 0.2) is 0 Å². The zero-order chi connectivity index (χ0) is 24.8. The quantitative estimate of drug-likeness (QED) is 0.369. The number of hydrogen-bond donors (Lipinski definition) is 2. The Labute approximate surface area is 204 Å². The van der Waals surface area contributed by atoms with Gasteiger partial charge in [-0.05, 0) is 23.8 Å². The van der Waals surface area contributed by atoms with Gasteiger partial charge in [0.1, 0.15) is 5.75 Å². The van der Waals surface area contributed by atoms with Crippen LogP contribution in [0.2, 0.25) is 0 Å². The predicted molar refractivity (Wildman–Crippen MR) is 135 cm³/mol. The van der Waals surface area contributed by atoms with Crippen LogP contribution in [-0.2, 0) is 27.9 Å². The number of nitrogens with zero attached hydrogens (tertiary/aromatic N) is 2. The molecule has 1 amide bonds. The zero-order valence-corrected chi connectivity index (χ0v) is 20.2. The number of hydrogen-bond acceptors (Lipinski definition) is 5. The summed E-state index contributed by atoms with van der Waals surface area (Å²) in [6, 6.07) is 23.9. The number of amides is 1. The van der Waals surface area contributed by atoms with Crippen molar-refractivity contribution in [3.8, 4) is 17.0 Å². The molecule has 0 fully saturated rings. The highest BCUT2D eigenvalue weighted by atomic mass is 32.2. The Hall–Kier alpha value is -3.95. The van der Waals surface area contributed by atoms with Gasteiger partial charge in [0.2, 0.25) is 15.9 Å². The van der Waals surface area contributed by atoms with Gasteiger partial charge in [-0.1, -0.05) is 60.7 Å². The van der Waals surface area contributed by atoms with Crippen molar-refractivity contribution in [2.24, 2.45) is 0 Å². The van der Waals surface area contributed by atoms with Gasteiger partial charge in [-0.25, -0.2) is 13.1 Å². The third-order valence-electron chi connectivity index (χ3n) is 5.32. The minimum Gasteiger partial charge on any atom is -0.495 e. The summed E-state index contributed by atoms with van der Waals surface area (Å²) in [5, 5.41) is 7.33. The van der Waals surface area contributed by atoms with E-state index in [0.29, 0.717) is 18.0 Å². The minimum absolute atomic E-state index is 0.0139. The lowest BCUT2D eigenvalue weighted by atomic mass is 10.1. The normalized spacial score (nSPS) is 11.3. The van der Waals surface area contributed by atoms with Gasteiger partial charge in [-0.2, -0.15) is 5.10 Å². The second-order valence-electron chi connectivity index (χ2n) is 7.92. The molecule has 0 atom stereocenters. The van der Waals surface area contributed by atoms with E-state index in [9.17, 15) is 13.2 Å². The van der Waals surface area contributed by atoms with Crippen LogP contribution in [0.4, 0.5) is 5.69 Å². The van der Waals surface area contributed by atoms with Gasteiger partial charge in [0, 0.05) is 30.8 Å². The number of carbonyl (C=O) groups is 1. The molecule has 0 aliphatic rings. The van der Waals surface area contributed by atoms with Crippen LogP contribution in [0.25, 0.3) is 11.3 Å². The van der Waals surface area contributed by atoms with Crippen molar-refractivity contribution in [1.29, 1.82) is 0 Å². The number of aromatic nitrogens is 2. The van der Waals surface area contributed by atoms with E-state index in [1.807, 2.05) is 71.5 Å². The minimum atomic E-state index is -3.88. The van der Waals surface area contributed by atoms with E-state index >= 15 is 0 Å². The smallest absolute Gasteiger partial charge is 0.240 e. The Morgan fingerprint density at radius 1 is 1.00 bits per heavy atom. The molecular weight excluding hydrogens is 464 g/mol. The number of sulfonamides is 1. The highest BCUT2D eigenvalue weighted by Gasteiger charge is 2.19. The molecule has 0 unspecified atom stereocenters. The number of rotatable bonds is 9. The fourth-order valence-corrected chi connectivity index (χ4v) is 4.71. The molecule has 0 aliphatic heterocycles. The molecular formula is C26H26N4O4S. The Kier molecular flexibility index (Phi) is 7.28. The van der Waals surface area contributed by atoms with Crippen molar-refractivity contribution in [2.45, 2.75) is 24.9 Å². The van der Waals surface area contributed by atoms with E-state index in [2.05, 4.69) is 10.0 Å². The Balaban J connectivity index is 1.61. The highest BCUT2D eigenvalue weighted by Crippen LogP contribution is 2.28. The van der Waals surface area contributed by atoms with Gasteiger partial charge in [-0.3, -0.25) is 9.48 Å². The molecule has 0 aliphatic carbocycles. The molecule has 35 heavy (non-hydrogen) atoms. The number of anilines is 1. The molecule has 0 radical (unpaired) electrons. The van der Waals surface area contributed by atoms with Gasteiger partial charge < -0.3 is 10.1 Å². The molecule has 0 bridgehead atoms. The summed E-state index contributed by atoms with van der Waals surface area (Å²) in [5.74, 6) is 0.0387. The maximum Gasteiger partial charge on any atom is 0.240 e. The molecule has 0 spiro atoms. The Morgan fingerprint density at radius 2 is 1.69 bits per heavy atom. The number of carbonyl (C=O) groups excluding carboxylic acids is 1. The molecule has 3 aromatic carbocycles. The van der Waals surface area contributed by atoms with Crippen LogP contribution in [0, 0.1) is 0 Å². The lowest BCUT2D eigenvalue weighted by Gasteiger charge is -2.12. The van der Waals surface area contributed by atoms with Crippen LogP contribution >= 0.6 is 0 Å². The van der Waals surface area contributed by atoms with Gasteiger partial charge >= 0.3 is 0 Å². The number of ether oxygens (including phenoxy) is 1. The summed E-state index contributed by atoms with van der Waals surface area (Å²) in [6.07, 6.45) is 1.86. The number of benzene rings is 3. The van der Waals surface area contributed by atoms with Gasteiger partial charge in [0.25, 0.3) is 0 Å². The van der Waals surface area contributed by atoms with E-state index in [1.165, 1.54) is 32.2 Å². The number of methoxy groups -OCH3 is 1. The average molecular weight is 491 g/mol. The molecule has 0 saturated heterocycles. The Bertz CT molecular complexity index is 1420. The molecule has 1 heterocycles. The molecule has 9 heteroatoms. The summed E-state index contributed by atoms with van der Waals surface area (Å²) in [5.41, 5.74) is 3.71. The van der Waals surface area contributed by atoms with Crippen LogP contribution in [-0.4, -0.2) is 31.2 Å². The van der Waals surface area contributed by atoms with Crippen molar-refractivity contribution >= 4 is 21.6 Å². The zero-order valence-electron chi connectivity index (χ0n) is 19.4. The second-order valence-corrected chi connectivity index (χ2v) is 9.69. The van der Waals surface area contributed by atoms with Crippen molar-refractivity contribution < 1.29 is 17.9 Å². The maximum atomic E-state index is 13.1. The number of nitrogens with one attached hydrogen (secondary N) is 2. The third kappa shape index (κ3) is 5.95. The monoisotopic (exact) mass is 490 g/mol. The van der Waals surface area contributed by atoms with Crippen LogP contribution in [0.15, 0.2) is 90.0 Å². The first-order valence-electron chi connectivity index (χ1n) is 11.0. The second kappa shape index (κ2) is 10.5. The van der Waals surface area contributed by atoms with Crippen molar-refractivity contribution in [3.05, 3.63) is 96.2 Å². The van der Waals surface area contributed by atoms with E-state index < -0.39 is 10.0 Å². The standard InChI is InChI=1S/C26H26N4O4S/c1-19(31)28-24-15-23(13-14-25(24)34-2)35(32,33)27-16-22-18-30(17-20-9-5-3-6-10-20)29-26(22)21-11-7-4-8-12-21/h3-15,18,27H,16-17H2,1-2H3,(H,28,31). The summed E-state index contributed by atoms with van der Waals surface area (Å²) < 4.78 is 35.9. The molecule has 0 saturated carbocycles. The average Bonchev–Trinajstić information content (AvgIpc) is 3.26. The van der Waals surface area contributed by atoms with Crippen molar-refractivity contribution in [2.75, 3.05) is 12.4 Å². The Morgan fingerprint density at radius 3 is 2.34 bits per heavy atom. The van der Waals surface area contributed by atoms with Crippen molar-refractivity contribution in [1.82, 2.24) is 14.5 Å². The van der Waals surface area contributed by atoms with Gasteiger partial charge in [-0.15, -0.1) is 0 Å². The first kappa shape index (κ1) is 24.2. The fourth-order valence-electron chi connectivity index (χ4n) is 3.68. The summed E-state index contributed by atoms with van der Waals surface area (Å²) in [4.78, 5) is 11.5. The molecule has 180 valence electrons. The maximum absolute atomic E-state index is 13.1. The third-order valence-corrected chi connectivity index (χ3v) is 6.72. The van der Waals surface area contributed by atoms with E-state index in [1.54, 1.807) is 0 Å². The van der Waals surface area contributed by atoms with Crippen molar-refractivity contribution in [3.63, 3.8) is 0 Å². The molecule has 1 aromatic heterocycles. The topological polar surface area (TPSA) is 102 Å². The fraction of sp³-hybridized carbons (Fsp3) is 0.154. The lowest BCUT2D eigenvalue weighted by Crippen LogP contribution is -2.23. The summed E-state index contributed by atoms with van der Waals surface area (Å²) in [7, 11) is -2.43. The molecule has 4 aromatic rings. The summed E-state index contributed by atoms with van der Waals surface area (Å²) in [6.45, 7) is 1.95. The van der Waals surface area contributed by atoms with Crippen LogP contribution in [0.1, 0.15) is 18.1 Å². The summed E-state index contributed by atoms with van der Waals surface area (Å²) >= 11 is 0. The largest absolute Gasteiger partial charge is 0.495 e. The molecule has 8 nitrogen and oxygen atoms in total. The first-order chi connectivity index (χ1) is 16.9. The van der Waals surface area contributed by atoms with Crippen LogP contribution in [0.3, 0.4) is 0 Å². The molecule has 2 N–H and O–H groups in total. The lowest BCUT2D eigenvalue weighted by molar-refractivity contribution is -0.114. The van der Waals surface area contributed by atoms with Gasteiger partial charge in [0.05, 0.1) is 29.9 Å². The van der Waals surface area contributed by atoms with Crippen LogP contribution < -0.4 is 14.8 Å². The highest BCUT2D eigenvalue weighted by molar-refractivity contribution is 7.89. The predicted octanol–water partition coefficient (Wildman–Crippen LogP) is 4.04. The first-order valence-corrected chi connectivity index (χ1v) is 12.4. The van der Waals surface area contributed by atoms with E-state index in [0.717, 1.165) is 16.7 Å². The van der Waals surface area contributed by atoms with E-state index in [-0.39, 0.29) is 23.0 Å². The van der Waals surface area contributed by atoms with E-state index in [4.69, 9.17) is 9.84 Å². The molecule has 4 rings (SSSR count). The van der Waals surface area contributed by atoms with Crippen LogP contribution in [0.5, 0.6) is 5.75 Å². The SMILES string of the molecule is COc1ccc(S(=O)(=O)NCc2cn(Cc3ccccc3)nc2-c2ccccc2)cc1NC(C)=O.